The van der Waals surface area contributed by atoms with Crippen LogP contribution in [0, 0.1) is 6.92 Å². The summed E-state index contributed by atoms with van der Waals surface area (Å²) < 4.78 is 33.1. The number of nitrogens with zero attached hydrogens (tertiary/aromatic N) is 1. The van der Waals surface area contributed by atoms with Gasteiger partial charge in [0.1, 0.15) is 5.75 Å². The number of hydrogen-bond acceptors (Lipinski definition) is 5. The van der Waals surface area contributed by atoms with Crippen molar-refractivity contribution in [3.63, 3.8) is 0 Å². The van der Waals surface area contributed by atoms with E-state index in [1.807, 2.05) is 31.2 Å². The van der Waals surface area contributed by atoms with Crippen molar-refractivity contribution in [3.8, 4) is 5.75 Å². The molecule has 0 aliphatic carbocycles. The van der Waals surface area contributed by atoms with Crippen LogP contribution in [-0.2, 0) is 21.4 Å². The SMILES string of the molecule is Cc1ccc(C(=O)N(Cc2ccc(OS(C)(=O)=O)cc2)C[C@@H]2CCCO2)cc1. The molecule has 1 fully saturated rings. The summed E-state index contributed by atoms with van der Waals surface area (Å²) in [6.07, 6.45) is 3.00. The molecular weight excluding hydrogens is 378 g/mol. The molecule has 2 aromatic rings. The zero-order valence-corrected chi connectivity index (χ0v) is 16.9. The average Bonchev–Trinajstić information content (AvgIpc) is 3.15. The predicted molar refractivity (Wildman–Crippen MR) is 107 cm³/mol. The highest BCUT2D eigenvalue weighted by molar-refractivity contribution is 7.86. The highest BCUT2D eigenvalue weighted by Crippen LogP contribution is 2.20. The Balaban J connectivity index is 1.76. The lowest BCUT2D eigenvalue weighted by molar-refractivity contribution is 0.0507. The third kappa shape index (κ3) is 5.81. The van der Waals surface area contributed by atoms with E-state index in [0.29, 0.717) is 18.7 Å². The van der Waals surface area contributed by atoms with Crippen molar-refractivity contribution in [3.05, 3.63) is 65.2 Å². The number of ether oxygens (including phenoxy) is 1. The summed E-state index contributed by atoms with van der Waals surface area (Å²) >= 11 is 0. The predicted octanol–water partition coefficient (Wildman–Crippen LogP) is 3.15. The van der Waals surface area contributed by atoms with Crippen molar-refractivity contribution in [2.45, 2.75) is 32.4 Å². The van der Waals surface area contributed by atoms with E-state index in [-0.39, 0.29) is 17.8 Å². The highest BCUT2D eigenvalue weighted by Gasteiger charge is 2.23. The minimum Gasteiger partial charge on any atom is -0.383 e. The second-order valence-corrected chi connectivity index (χ2v) is 8.69. The Labute approximate surface area is 166 Å². The van der Waals surface area contributed by atoms with E-state index >= 15 is 0 Å². The van der Waals surface area contributed by atoms with Gasteiger partial charge < -0.3 is 13.8 Å². The fraction of sp³-hybridized carbons (Fsp3) is 0.381. The zero-order chi connectivity index (χ0) is 20.1. The van der Waals surface area contributed by atoms with E-state index in [9.17, 15) is 13.2 Å². The summed E-state index contributed by atoms with van der Waals surface area (Å²) in [6, 6.07) is 14.3. The summed E-state index contributed by atoms with van der Waals surface area (Å²) in [5, 5.41) is 0. The van der Waals surface area contributed by atoms with Crippen molar-refractivity contribution in [2.75, 3.05) is 19.4 Å². The Hall–Kier alpha value is -2.38. The maximum atomic E-state index is 13.1. The Bertz CT molecular complexity index is 901. The van der Waals surface area contributed by atoms with Gasteiger partial charge in [0.15, 0.2) is 0 Å². The van der Waals surface area contributed by atoms with Crippen LogP contribution in [0.2, 0.25) is 0 Å². The number of amides is 1. The molecule has 1 saturated heterocycles. The molecule has 0 N–H and O–H groups in total. The lowest BCUT2D eigenvalue weighted by Gasteiger charge is -2.26. The fourth-order valence-electron chi connectivity index (χ4n) is 3.18. The first-order chi connectivity index (χ1) is 13.3. The Morgan fingerprint density at radius 1 is 1.14 bits per heavy atom. The Morgan fingerprint density at radius 3 is 2.39 bits per heavy atom. The van der Waals surface area contributed by atoms with Gasteiger partial charge in [0.05, 0.1) is 12.4 Å². The van der Waals surface area contributed by atoms with Gasteiger partial charge in [0.2, 0.25) is 0 Å². The quantitative estimate of drug-likeness (QED) is 0.664. The van der Waals surface area contributed by atoms with E-state index in [2.05, 4.69) is 0 Å². The third-order valence-electron chi connectivity index (χ3n) is 4.58. The normalized spacial score (nSPS) is 16.7. The van der Waals surface area contributed by atoms with Crippen LogP contribution >= 0.6 is 0 Å². The van der Waals surface area contributed by atoms with Crippen LogP contribution in [-0.4, -0.2) is 44.7 Å². The van der Waals surface area contributed by atoms with Crippen LogP contribution in [0.1, 0.15) is 34.3 Å². The first kappa shape index (κ1) is 20.4. The molecule has 0 radical (unpaired) electrons. The van der Waals surface area contributed by atoms with Gasteiger partial charge in [0, 0.05) is 25.3 Å². The average molecular weight is 404 g/mol. The summed E-state index contributed by atoms with van der Waals surface area (Å²) in [5.74, 6) is 0.203. The molecule has 6 nitrogen and oxygen atoms in total. The van der Waals surface area contributed by atoms with Crippen LogP contribution in [0.4, 0.5) is 0 Å². The lowest BCUT2D eigenvalue weighted by atomic mass is 10.1. The van der Waals surface area contributed by atoms with E-state index in [0.717, 1.165) is 36.8 Å². The van der Waals surface area contributed by atoms with Gasteiger partial charge in [-0.3, -0.25) is 4.79 Å². The van der Waals surface area contributed by atoms with Gasteiger partial charge in [-0.25, -0.2) is 0 Å². The Morgan fingerprint density at radius 2 is 1.82 bits per heavy atom. The number of hydrogen-bond donors (Lipinski definition) is 0. The van der Waals surface area contributed by atoms with Crippen LogP contribution in [0.3, 0.4) is 0 Å². The molecule has 0 unspecified atom stereocenters. The van der Waals surface area contributed by atoms with Crippen molar-refractivity contribution < 1.29 is 22.1 Å². The van der Waals surface area contributed by atoms with Crippen LogP contribution in [0.5, 0.6) is 5.75 Å². The number of carbonyl (C=O) groups excluding carboxylic acids is 1. The molecule has 1 atom stereocenters. The zero-order valence-electron chi connectivity index (χ0n) is 16.1. The van der Waals surface area contributed by atoms with Crippen molar-refractivity contribution in [1.82, 2.24) is 4.90 Å². The summed E-state index contributed by atoms with van der Waals surface area (Å²) in [7, 11) is -3.56. The van der Waals surface area contributed by atoms with Crippen molar-refractivity contribution in [1.29, 1.82) is 0 Å². The molecule has 28 heavy (non-hydrogen) atoms. The van der Waals surface area contributed by atoms with Crippen molar-refractivity contribution >= 4 is 16.0 Å². The lowest BCUT2D eigenvalue weighted by Crippen LogP contribution is -2.37. The maximum Gasteiger partial charge on any atom is 0.306 e. The van der Waals surface area contributed by atoms with Gasteiger partial charge in [-0.1, -0.05) is 29.8 Å². The molecule has 0 saturated carbocycles. The van der Waals surface area contributed by atoms with E-state index < -0.39 is 10.1 Å². The Kier molecular flexibility index (Phi) is 6.36. The van der Waals surface area contributed by atoms with Gasteiger partial charge in [-0.15, -0.1) is 0 Å². The van der Waals surface area contributed by atoms with Gasteiger partial charge in [-0.05, 0) is 49.6 Å². The molecule has 2 aromatic carbocycles. The summed E-state index contributed by atoms with van der Waals surface area (Å²) in [4.78, 5) is 14.9. The second-order valence-electron chi connectivity index (χ2n) is 7.12. The number of benzene rings is 2. The van der Waals surface area contributed by atoms with Crippen molar-refractivity contribution in [2.24, 2.45) is 0 Å². The summed E-state index contributed by atoms with van der Waals surface area (Å²) in [6.45, 7) is 3.65. The van der Waals surface area contributed by atoms with E-state index in [1.54, 1.807) is 29.2 Å². The number of aryl methyl sites for hydroxylation is 1. The molecule has 1 aliphatic heterocycles. The largest absolute Gasteiger partial charge is 0.383 e. The molecule has 150 valence electrons. The van der Waals surface area contributed by atoms with Gasteiger partial charge >= 0.3 is 10.1 Å². The molecule has 1 amide bonds. The standard InChI is InChI=1S/C21H25NO5S/c1-16-5-9-18(10-6-16)21(23)22(15-20-4-3-13-26-20)14-17-7-11-19(12-8-17)27-28(2,24)25/h5-12,20H,3-4,13-15H2,1-2H3/t20-/m0/s1. The van der Waals surface area contributed by atoms with Gasteiger partial charge in [0.25, 0.3) is 5.91 Å². The highest BCUT2D eigenvalue weighted by atomic mass is 32.2. The van der Waals surface area contributed by atoms with Gasteiger partial charge in [-0.2, -0.15) is 8.42 Å². The van der Waals surface area contributed by atoms with Crippen LogP contribution < -0.4 is 4.18 Å². The first-order valence-electron chi connectivity index (χ1n) is 9.26. The fourth-order valence-corrected chi connectivity index (χ4v) is 3.64. The first-order valence-corrected chi connectivity index (χ1v) is 11.1. The van der Waals surface area contributed by atoms with E-state index in [1.165, 1.54) is 0 Å². The molecule has 0 bridgehead atoms. The van der Waals surface area contributed by atoms with E-state index in [4.69, 9.17) is 8.92 Å². The third-order valence-corrected chi connectivity index (χ3v) is 5.07. The van der Waals surface area contributed by atoms with Crippen LogP contribution in [0.25, 0.3) is 0 Å². The molecular formula is C21H25NO5S. The molecule has 1 heterocycles. The maximum absolute atomic E-state index is 13.1. The number of rotatable bonds is 7. The molecule has 0 aromatic heterocycles. The second kappa shape index (κ2) is 8.75. The molecule has 1 aliphatic rings. The minimum absolute atomic E-state index is 0.0437. The number of carbonyl (C=O) groups is 1. The van der Waals surface area contributed by atoms with Crippen LogP contribution in [0.15, 0.2) is 48.5 Å². The topological polar surface area (TPSA) is 72.9 Å². The summed E-state index contributed by atoms with van der Waals surface area (Å²) in [5.41, 5.74) is 2.63. The molecule has 3 rings (SSSR count). The molecule has 7 heteroatoms. The minimum atomic E-state index is -3.56. The smallest absolute Gasteiger partial charge is 0.306 e. The molecule has 0 spiro atoms. The monoisotopic (exact) mass is 403 g/mol.